The maximum Gasteiger partial charge on any atom is 0.188 e. The van der Waals surface area contributed by atoms with Crippen LogP contribution in [0, 0.1) is 0 Å². The molecule has 1 aromatic rings. The van der Waals surface area contributed by atoms with Crippen LogP contribution in [0.15, 0.2) is 16.6 Å². The summed E-state index contributed by atoms with van der Waals surface area (Å²) in [5.74, 6) is 0.878. The number of hydrogen-bond acceptors (Lipinski definition) is 3. The third-order valence-electron chi connectivity index (χ3n) is 2.24. The molecular formula is C11H20N4S. The molecule has 0 fully saturated rings. The van der Waals surface area contributed by atoms with Crippen molar-refractivity contribution >= 4 is 17.3 Å². The predicted molar refractivity (Wildman–Crippen MR) is 69.9 cm³/mol. The Labute approximate surface area is 101 Å². The van der Waals surface area contributed by atoms with Crippen LogP contribution in [0.1, 0.15) is 37.6 Å². The molecule has 0 aliphatic heterocycles. The van der Waals surface area contributed by atoms with Gasteiger partial charge in [-0.05, 0) is 6.42 Å². The highest BCUT2D eigenvalue weighted by molar-refractivity contribution is 7.09. The van der Waals surface area contributed by atoms with Gasteiger partial charge in [0.15, 0.2) is 5.96 Å². The molecule has 0 radical (unpaired) electrons. The summed E-state index contributed by atoms with van der Waals surface area (Å²) in [6.45, 7) is 5.86. The fourth-order valence-corrected chi connectivity index (χ4v) is 1.93. The predicted octanol–water partition coefficient (Wildman–Crippen LogP) is 1.95. The van der Waals surface area contributed by atoms with Crippen LogP contribution in [0.3, 0.4) is 0 Å². The van der Waals surface area contributed by atoms with Crippen molar-refractivity contribution in [1.29, 1.82) is 0 Å². The van der Waals surface area contributed by atoms with Gasteiger partial charge in [0, 0.05) is 24.0 Å². The van der Waals surface area contributed by atoms with E-state index < -0.39 is 0 Å². The van der Waals surface area contributed by atoms with E-state index >= 15 is 0 Å². The Bertz CT molecular complexity index is 308. The van der Waals surface area contributed by atoms with Gasteiger partial charge in [-0.15, -0.1) is 11.3 Å². The van der Waals surface area contributed by atoms with E-state index in [0.717, 1.165) is 24.4 Å². The molecule has 1 unspecified atom stereocenters. The van der Waals surface area contributed by atoms with Crippen molar-refractivity contribution in [2.24, 2.45) is 10.7 Å². The molecule has 1 heterocycles. The van der Waals surface area contributed by atoms with Crippen LogP contribution in [0.4, 0.5) is 0 Å². The number of nitrogens with two attached hydrogens (primary N) is 1. The first-order chi connectivity index (χ1) is 7.74. The minimum atomic E-state index is 0.339. The van der Waals surface area contributed by atoms with Crippen LogP contribution in [0.25, 0.3) is 0 Å². The van der Waals surface area contributed by atoms with Crippen LogP contribution >= 0.6 is 11.3 Å². The summed E-state index contributed by atoms with van der Waals surface area (Å²) in [5, 5.41) is 6.20. The number of aliphatic imine (C=N–C) groups is 1. The minimum Gasteiger partial charge on any atom is -0.370 e. The van der Waals surface area contributed by atoms with Crippen LogP contribution in [-0.2, 0) is 0 Å². The molecule has 16 heavy (non-hydrogen) atoms. The average Bonchev–Trinajstić information content (AvgIpc) is 2.79. The Kier molecular flexibility index (Phi) is 5.85. The number of unbranched alkanes of at least 4 members (excludes halogenated alkanes) is 1. The number of hydrogen-bond donors (Lipinski definition) is 2. The second-order valence-electron chi connectivity index (χ2n) is 3.78. The molecule has 0 saturated carbocycles. The summed E-state index contributed by atoms with van der Waals surface area (Å²) >= 11 is 1.66. The number of nitrogens with one attached hydrogen (secondary N) is 1. The molecule has 0 spiro atoms. The topological polar surface area (TPSA) is 63.3 Å². The first-order valence-electron chi connectivity index (χ1n) is 5.67. The standard InChI is InChI=1S/C11H20N4S/c1-3-4-5-14-11(12)15-8-9(2)10-13-6-7-16-10/h6-7,9H,3-5,8H2,1-2H3,(H3,12,14,15). The molecule has 1 atom stereocenters. The van der Waals surface area contributed by atoms with Crippen molar-refractivity contribution in [3.05, 3.63) is 16.6 Å². The Morgan fingerprint density at radius 3 is 3.12 bits per heavy atom. The first-order valence-corrected chi connectivity index (χ1v) is 6.55. The van der Waals surface area contributed by atoms with E-state index in [0.29, 0.717) is 18.4 Å². The van der Waals surface area contributed by atoms with Crippen LogP contribution < -0.4 is 11.1 Å². The molecule has 0 amide bonds. The van der Waals surface area contributed by atoms with Gasteiger partial charge in [-0.3, -0.25) is 4.99 Å². The minimum absolute atomic E-state index is 0.339. The summed E-state index contributed by atoms with van der Waals surface area (Å²) < 4.78 is 0. The highest BCUT2D eigenvalue weighted by Gasteiger charge is 2.06. The number of aromatic nitrogens is 1. The van der Waals surface area contributed by atoms with Crippen molar-refractivity contribution in [2.75, 3.05) is 13.1 Å². The number of rotatable bonds is 6. The SMILES string of the molecule is CCCCNC(N)=NCC(C)c1nccs1. The van der Waals surface area contributed by atoms with Gasteiger partial charge in [-0.1, -0.05) is 20.3 Å². The highest BCUT2D eigenvalue weighted by Crippen LogP contribution is 2.17. The maximum absolute atomic E-state index is 5.74. The van der Waals surface area contributed by atoms with Crippen molar-refractivity contribution < 1.29 is 0 Å². The molecule has 0 aromatic carbocycles. The summed E-state index contributed by atoms with van der Waals surface area (Å²) in [5.41, 5.74) is 5.74. The maximum atomic E-state index is 5.74. The van der Waals surface area contributed by atoms with Crippen molar-refractivity contribution in [3.63, 3.8) is 0 Å². The van der Waals surface area contributed by atoms with E-state index in [4.69, 9.17) is 5.73 Å². The van der Waals surface area contributed by atoms with Crippen LogP contribution in [0.2, 0.25) is 0 Å². The summed E-state index contributed by atoms with van der Waals surface area (Å²) in [6, 6.07) is 0. The van der Waals surface area contributed by atoms with Gasteiger partial charge in [-0.2, -0.15) is 0 Å². The highest BCUT2D eigenvalue weighted by atomic mass is 32.1. The van der Waals surface area contributed by atoms with Gasteiger partial charge >= 0.3 is 0 Å². The van der Waals surface area contributed by atoms with E-state index in [-0.39, 0.29) is 0 Å². The molecule has 90 valence electrons. The molecule has 4 nitrogen and oxygen atoms in total. The lowest BCUT2D eigenvalue weighted by atomic mass is 10.2. The summed E-state index contributed by atoms with van der Waals surface area (Å²) in [4.78, 5) is 8.56. The third-order valence-corrected chi connectivity index (χ3v) is 3.25. The van der Waals surface area contributed by atoms with E-state index in [1.54, 1.807) is 11.3 Å². The second kappa shape index (κ2) is 7.22. The van der Waals surface area contributed by atoms with Gasteiger partial charge in [0.2, 0.25) is 0 Å². The number of thiazole rings is 1. The van der Waals surface area contributed by atoms with E-state index in [1.807, 2.05) is 11.6 Å². The zero-order valence-electron chi connectivity index (χ0n) is 9.94. The second-order valence-corrected chi connectivity index (χ2v) is 4.70. The molecule has 3 N–H and O–H groups in total. The zero-order chi connectivity index (χ0) is 11.8. The molecule has 0 saturated heterocycles. The summed E-state index contributed by atoms with van der Waals surface area (Å²) in [6.07, 6.45) is 4.11. The zero-order valence-corrected chi connectivity index (χ0v) is 10.8. The molecule has 1 rings (SSSR count). The fraction of sp³-hybridized carbons (Fsp3) is 0.636. The lowest BCUT2D eigenvalue weighted by molar-refractivity contribution is 0.732. The Hall–Kier alpha value is -1.10. The largest absolute Gasteiger partial charge is 0.370 e. The van der Waals surface area contributed by atoms with Gasteiger partial charge in [0.1, 0.15) is 0 Å². The monoisotopic (exact) mass is 240 g/mol. The van der Waals surface area contributed by atoms with Gasteiger partial charge in [0.05, 0.1) is 11.6 Å². The molecule has 5 heteroatoms. The van der Waals surface area contributed by atoms with Crippen molar-refractivity contribution in [1.82, 2.24) is 10.3 Å². The number of guanidine groups is 1. The quantitative estimate of drug-likeness (QED) is 0.454. The van der Waals surface area contributed by atoms with Crippen molar-refractivity contribution in [2.45, 2.75) is 32.6 Å². The van der Waals surface area contributed by atoms with Crippen LogP contribution in [-0.4, -0.2) is 24.0 Å². The summed E-state index contributed by atoms with van der Waals surface area (Å²) in [7, 11) is 0. The molecular weight excluding hydrogens is 220 g/mol. The lowest BCUT2D eigenvalue weighted by Crippen LogP contribution is -2.32. The average molecular weight is 240 g/mol. The third kappa shape index (κ3) is 4.61. The molecule has 0 aliphatic carbocycles. The van der Waals surface area contributed by atoms with Crippen LogP contribution in [0.5, 0.6) is 0 Å². The smallest absolute Gasteiger partial charge is 0.188 e. The van der Waals surface area contributed by atoms with E-state index in [9.17, 15) is 0 Å². The normalized spacial score (nSPS) is 13.8. The Balaban J connectivity index is 2.29. The molecule has 0 bridgehead atoms. The number of nitrogens with zero attached hydrogens (tertiary/aromatic N) is 2. The van der Waals surface area contributed by atoms with Gasteiger partial charge in [0.25, 0.3) is 0 Å². The van der Waals surface area contributed by atoms with Crippen molar-refractivity contribution in [3.8, 4) is 0 Å². The van der Waals surface area contributed by atoms with E-state index in [2.05, 4.69) is 29.1 Å². The Morgan fingerprint density at radius 1 is 1.69 bits per heavy atom. The Morgan fingerprint density at radius 2 is 2.50 bits per heavy atom. The van der Waals surface area contributed by atoms with Gasteiger partial charge in [-0.25, -0.2) is 4.98 Å². The molecule has 1 aromatic heterocycles. The van der Waals surface area contributed by atoms with Gasteiger partial charge < -0.3 is 11.1 Å². The first kappa shape index (κ1) is 13.0. The fourth-order valence-electron chi connectivity index (χ4n) is 1.24. The van der Waals surface area contributed by atoms with E-state index in [1.165, 1.54) is 0 Å². The molecule has 0 aliphatic rings. The lowest BCUT2D eigenvalue weighted by Gasteiger charge is -2.07.